The van der Waals surface area contributed by atoms with Gasteiger partial charge in [0.05, 0.1) is 23.3 Å². The van der Waals surface area contributed by atoms with Crippen LogP contribution in [0.2, 0.25) is 0 Å². The minimum atomic E-state index is -4.01. The summed E-state index contributed by atoms with van der Waals surface area (Å²) in [5.41, 5.74) is 1.87. The van der Waals surface area contributed by atoms with Gasteiger partial charge in [-0.3, -0.25) is 9.52 Å². The molecule has 3 aromatic rings. The van der Waals surface area contributed by atoms with Crippen molar-refractivity contribution in [3.63, 3.8) is 0 Å². The number of carbonyl (C=O) groups excluding carboxylic acids is 2. The summed E-state index contributed by atoms with van der Waals surface area (Å²) in [5.74, 6) is -0.977. The van der Waals surface area contributed by atoms with Gasteiger partial charge in [-0.2, -0.15) is 0 Å². The highest BCUT2D eigenvalue weighted by atomic mass is 32.2. The molecule has 0 aliphatic rings. The Morgan fingerprint density at radius 2 is 1.64 bits per heavy atom. The molecule has 8 nitrogen and oxygen atoms in total. The summed E-state index contributed by atoms with van der Waals surface area (Å²) in [6.45, 7) is 3.36. The molecule has 0 bridgehead atoms. The lowest BCUT2D eigenvalue weighted by molar-refractivity contribution is -0.123. The summed E-state index contributed by atoms with van der Waals surface area (Å²) >= 11 is 0. The Bertz CT molecular complexity index is 1260. The number of anilines is 2. The van der Waals surface area contributed by atoms with Crippen LogP contribution < -0.4 is 14.8 Å². The second-order valence-electron chi connectivity index (χ2n) is 7.24. The highest BCUT2D eigenvalue weighted by Crippen LogP contribution is 2.26. The van der Waals surface area contributed by atoms with Crippen molar-refractivity contribution in [1.82, 2.24) is 0 Å². The van der Waals surface area contributed by atoms with Crippen LogP contribution in [0.1, 0.15) is 22.8 Å². The van der Waals surface area contributed by atoms with Crippen LogP contribution in [-0.2, 0) is 19.6 Å². The van der Waals surface area contributed by atoms with E-state index in [0.717, 1.165) is 5.56 Å². The zero-order valence-electron chi connectivity index (χ0n) is 18.4. The van der Waals surface area contributed by atoms with E-state index in [1.807, 2.05) is 19.1 Å². The van der Waals surface area contributed by atoms with Gasteiger partial charge in [-0.25, -0.2) is 13.2 Å². The second kappa shape index (κ2) is 10.2. The molecule has 0 aromatic heterocycles. The predicted molar refractivity (Wildman–Crippen MR) is 125 cm³/mol. The molecule has 0 aliphatic carbocycles. The minimum absolute atomic E-state index is 0.00659. The van der Waals surface area contributed by atoms with Crippen LogP contribution in [0.5, 0.6) is 5.75 Å². The van der Waals surface area contributed by atoms with E-state index in [4.69, 9.17) is 9.47 Å². The van der Waals surface area contributed by atoms with Crippen LogP contribution in [-0.4, -0.2) is 33.5 Å². The molecule has 0 saturated carbocycles. The van der Waals surface area contributed by atoms with E-state index in [2.05, 4.69) is 10.0 Å². The number of nitrogens with one attached hydrogen (secondary N) is 2. The molecule has 0 saturated heterocycles. The number of esters is 1. The third-order valence-electron chi connectivity index (χ3n) is 4.70. The van der Waals surface area contributed by atoms with Crippen LogP contribution in [0.3, 0.4) is 0 Å². The average Bonchev–Trinajstić information content (AvgIpc) is 2.80. The van der Waals surface area contributed by atoms with Crippen molar-refractivity contribution in [3.8, 4) is 5.75 Å². The zero-order valence-corrected chi connectivity index (χ0v) is 19.2. The van der Waals surface area contributed by atoms with Gasteiger partial charge in [-0.05, 0) is 56.3 Å². The summed E-state index contributed by atoms with van der Waals surface area (Å²) in [4.78, 5) is 24.8. The molecule has 33 heavy (non-hydrogen) atoms. The Morgan fingerprint density at radius 3 is 2.33 bits per heavy atom. The molecular weight excluding hydrogens is 444 g/mol. The third-order valence-corrected chi connectivity index (χ3v) is 6.07. The van der Waals surface area contributed by atoms with Crippen molar-refractivity contribution in [2.75, 3.05) is 17.1 Å². The number of aryl methyl sites for hydroxylation is 1. The molecule has 9 heteroatoms. The highest BCUT2D eigenvalue weighted by molar-refractivity contribution is 7.92. The Kier molecular flexibility index (Phi) is 7.34. The van der Waals surface area contributed by atoms with Gasteiger partial charge in [0.15, 0.2) is 6.10 Å². The summed E-state index contributed by atoms with van der Waals surface area (Å²) in [7, 11) is -2.58. The molecule has 2 N–H and O–H groups in total. The Balaban J connectivity index is 1.70. The van der Waals surface area contributed by atoms with E-state index in [9.17, 15) is 18.0 Å². The largest absolute Gasteiger partial charge is 0.495 e. The molecule has 1 unspecified atom stereocenters. The van der Waals surface area contributed by atoms with Crippen LogP contribution in [0.15, 0.2) is 77.7 Å². The average molecular weight is 469 g/mol. The first-order chi connectivity index (χ1) is 15.7. The first kappa shape index (κ1) is 23.8. The quantitative estimate of drug-likeness (QED) is 0.484. The van der Waals surface area contributed by atoms with Crippen molar-refractivity contribution in [1.29, 1.82) is 0 Å². The lowest BCUT2D eigenvalue weighted by Gasteiger charge is -2.15. The Labute approximate surface area is 192 Å². The second-order valence-corrected chi connectivity index (χ2v) is 8.92. The molecule has 1 amide bonds. The van der Waals surface area contributed by atoms with Gasteiger partial charge >= 0.3 is 5.97 Å². The van der Waals surface area contributed by atoms with E-state index in [-0.39, 0.29) is 16.1 Å². The van der Waals surface area contributed by atoms with E-state index in [1.54, 1.807) is 36.4 Å². The summed E-state index contributed by atoms with van der Waals surface area (Å²) in [6.07, 6.45) is -1.09. The molecule has 172 valence electrons. The van der Waals surface area contributed by atoms with Gasteiger partial charge in [-0.15, -0.1) is 0 Å². The van der Waals surface area contributed by atoms with E-state index < -0.39 is 28.0 Å². The predicted octanol–water partition coefficient (Wildman–Crippen LogP) is 3.99. The first-order valence-corrected chi connectivity index (χ1v) is 11.5. The number of rotatable bonds is 8. The third kappa shape index (κ3) is 6.11. The number of sulfonamides is 1. The maximum Gasteiger partial charge on any atom is 0.338 e. The number of carbonyl (C=O) groups is 2. The lowest BCUT2D eigenvalue weighted by atomic mass is 10.2. The Morgan fingerprint density at radius 1 is 0.939 bits per heavy atom. The van der Waals surface area contributed by atoms with Crippen LogP contribution in [0.25, 0.3) is 0 Å². The van der Waals surface area contributed by atoms with Crippen LogP contribution in [0.4, 0.5) is 11.4 Å². The molecule has 3 rings (SSSR count). The molecular formula is C24H24N2O6S. The monoisotopic (exact) mass is 468 g/mol. The summed E-state index contributed by atoms with van der Waals surface area (Å²) < 4.78 is 38.5. The lowest BCUT2D eigenvalue weighted by Crippen LogP contribution is -2.30. The van der Waals surface area contributed by atoms with Crippen molar-refractivity contribution in [2.45, 2.75) is 24.8 Å². The number of benzene rings is 3. The molecule has 1 atom stereocenters. The first-order valence-electron chi connectivity index (χ1n) is 10.0. The molecule has 0 radical (unpaired) electrons. The maximum absolute atomic E-state index is 12.8. The number of hydrogen-bond acceptors (Lipinski definition) is 6. The van der Waals surface area contributed by atoms with E-state index >= 15 is 0 Å². The number of para-hydroxylation sites is 2. The minimum Gasteiger partial charge on any atom is -0.495 e. The molecule has 0 heterocycles. The van der Waals surface area contributed by atoms with Gasteiger partial charge in [-0.1, -0.05) is 35.9 Å². The zero-order chi connectivity index (χ0) is 24.0. The van der Waals surface area contributed by atoms with Gasteiger partial charge in [0, 0.05) is 5.69 Å². The fourth-order valence-corrected chi connectivity index (χ4v) is 4.00. The van der Waals surface area contributed by atoms with Crippen molar-refractivity contribution in [3.05, 3.63) is 83.9 Å². The summed E-state index contributed by atoms with van der Waals surface area (Å²) in [6, 6.07) is 19.1. The fourth-order valence-electron chi connectivity index (χ4n) is 2.89. The number of ether oxygens (including phenoxy) is 2. The SMILES string of the molecule is COc1ccccc1NS(=O)(=O)c1cccc(C(=O)OC(C)C(=O)Nc2ccc(C)cc2)c1. The van der Waals surface area contributed by atoms with Crippen LogP contribution in [0, 0.1) is 6.92 Å². The number of methoxy groups -OCH3 is 1. The van der Waals surface area contributed by atoms with E-state index in [1.165, 1.54) is 38.3 Å². The number of amides is 1. The fraction of sp³-hybridized carbons (Fsp3) is 0.167. The maximum atomic E-state index is 12.8. The highest BCUT2D eigenvalue weighted by Gasteiger charge is 2.22. The van der Waals surface area contributed by atoms with E-state index in [0.29, 0.717) is 11.4 Å². The van der Waals surface area contributed by atoms with Crippen LogP contribution >= 0.6 is 0 Å². The van der Waals surface area contributed by atoms with Crippen molar-refractivity contribution < 1.29 is 27.5 Å². The Hall–Kier alpha value is -3.85. The van der Waals surface area contributed by atoms with Gasteiger partial charge in [0.25, 0.3) is 15.9 Å². The van der Waals surface area contributed by atoms with Crippen molar-refractivity contribution >= 4 is 33.3 Å². The van der Waals surface area contributed by atoms with Gasteiger partial charge < -0.3 is 14.8 Å². The van der Waals surface area contributed by atoms with Crippen molar-refractivity contribution in [2.24, 2.45) is 0 Å². The summed E-state index contributed by atoms with van der Waals surface area (Å²) in [5, 5.41) is 2.67. The molecule has 0 spiro atoms. The smallest absolute Gasteiger partial charge is 0.338 e. The van der Waals surface area contributed by atoms with Gasteiger partial charge in [0.1, 0.15) is 5.75 Å². The molecule has 3 aromatic carbocycles. The van der Waals surface area contributed by atoms with Gasteiger partial charge in [0.2, 0.25) is 0 Å². The normalized spacial score (nSPS) is 11.8. The molecule has 0 aliphatic heterocycles. The standard InChI is InChI=1S/C24H24N2O6S/c1-16-11-13-19(14-12-16)25-23(27)17(2)32-24(28)18-7-6-8-20(15-18)33(29,30)26-21-9-4-5-10-22(21)31-3/h4-15,17,26H,1-3H3,(H,25,27). The topological polar surface area (TPSA) is 111 Å². The number of hydrogen-bond donors (Lipinski definition) is 2. The molecule has 0 fully saturated rings.